The number of hydrogen-bond acceptors (Lipinski definition) is 5. The first-order valence-electron chi connectivity index (χ1n) is 9.27. The van der Waals surface area contributed by atoms with Gasteiger partial charge in [0.1, 0.15) is 29.1 Å². The van der Waals surface area contributed by atoms with E-state index in [9.17, 15) is 5.11 Å². The maximum atomic E-state index is 9.93. The minimum Gasteiger partial charge on any atom is -0.508 e. The zero-order chi connectivity index (χ0) is 19.8. The molecule has 0 fully saturated rings. The van der Waals surface area contributed by atoms with Gasteiger partial charge in [-0.05, 0) is 18.1 Å². The summed E-state index contributed by atoms with van der Waals surface area (Å²) in [5, 5.41) is 18.8. The molecule has 1 aliphatic heterocycles. The summed E-state index contributed by atoms with van der Waals surface area (Å²) in [5.41, 5.74) is 2.87. The molecule has 1 aliphatic rings. The number of aromatic hydroxyl groups is 1. The van der Waals surface area contributed by atoms with E-state index in [0.717, 1.165) is 16.9 Å². The van der Waals surface area contributed by atoms with Crippen LogP contribution in [0.1, 0.15) is 36.5 Å². The topological polar surface area (TPSA) is 80.4 Å². The zero-order valence-electron chi connectivity index (χ0n) is 16.1. The highest BCUT2D eigenvalue weighted by atomic mass is 16.5. The number of rotatable bonds is 4. The summed E-state index contributed by atoms with van der Waals surface area (Å²) in [6.07, 6.45) is 1.65. The Morgan fingerprint density at radius 3 is 2.75 bits per heavy atom. The monoisotopic (exact) mass is 377 g/mol. The minimum absolute atomic E-state index is 0.123. The lowest BCUT2D eigenvalue weighted by atomic mass is 9.83. The van der Waals surface area contributed by atoms with Crippen LogP contribution in [0.2, 0.25) is 0 Å². The maximum absolute atomic E-state index is 9.93. The fourth-order valence-corrected chi connectivity index (χ4v) is 3.72. The van der Waals surface area contributed by atoms with Crippen molar-refractivity contribution in [1.29, 1.82) is 5.41 Å². The molecule has 0 amide bonds. The molecule has 1 atom stereocenters. The largest absolute Gasteiger partial charge is 0.508 e. The van der Waals surface area contributed by atoms with Gasteiger partial charge in [0.15, 0.2) is 0 Å². The average Bonchev–Trinajstić information content (AvgIpc) is 2.68. The molecule has 3 aromatic rings. The predicted molar refractivity (Wildman–Crippen MR) is 105 cm³/mol. The molecule has 0 bridgehead atoms. The zero-order valence-corrected chi connectivity index (χ0v) is 16.1. The van der Waals surface area contributed by atoms with Gasteiger partial charge in [-0.25, -0.2) is 4.98 Å². The van der Waals surface area contributed by atoms with Crippen molar-refractivity contribution in [2.45, 2.75) is 26.3 Å². The van der Waals surface area contributed by atoms with E-state index in [2.05, 4.69) is 18.8 Å². The van der Waals surface area contributed by atoms with Gasteiger partial charge >= 0.3 is 0 Å². The molecule has 2 N–H and O–H groups in total. The van der Waals surface area contributed by atoms with Crippen molar-refractivity contribution in [3.63, 3.8) is 0 Å². The molecular formula is C22H23N3O3. The van der Waals surface area contributed by atoms with Crippen molar-refractivity contribution in [2.24, 2.45) is 5.92 Å². The Bertz CT molecular complexity index is 1090. The highest BCUT2D eigenvalue weighted by molar-refractivity contribution is 5.59. The Hall–Kier alpha value is -3.28. The Morgan fingerprint density at radius 1 is 1.21 bits per heavy atom. The second-order valence-corrected chi connectivity index (χ2v) is 7.36. The molecule has 6 nitrogen and oxygen atoms in total. The lowest BCUT2D eigenvalue weighted by molar-refractivity contribution is 0.395. The van der Waals surface area contributed by atoms with Gasteiger partial charge in [0.2, 0.25) is 5.88 Å². The molecule has 2 aromatic carbocycles. The lowest BCUT2D eigenvalue weighted by Crippen LogP contribution is -2.31. The van der Waals surface area contributed by atoms with E-state index in [1.54, 1.807) is 25.6 Å². The van der Waals surface area contributed by atoms with Crippen molar-refractivity contribution in [3.05, 3.63) is 71.0 Å². The summed E-state index contributed by atoms with van der Waals surface area (Å²) >= 11 is 0. The first-order chi connectivity index (χ1) is 13.5. The quantitative estimate of drug-likeness (QED) is 0.563. The number of fused-ring (bicyclic) bond motifs is 2. The molecule has 0 radical (unpaired) electrons. The van der Waals surface area contributed by atoms with Gasteiger partial charge in [-0.2, -0.15) is 0 Å². The van der Waals surface area contributed by atoms with Crippen LogP contribution in [-0.2, 0) is 6.54 Å². The third-order valence-corrected chi connectivity index (χ3v) is 4.90. The number of aromatic nitrogens is 2. The van der Waals surface area contributed by atoms with Crippen molar-refractivity contribution >= 4 is 0 Å². The van der Waals surface area contributed by atoms with Crippen LogP contribution in [0.3, 0.4) is 0 Å². The van der Waals surface area contributed by atoms with Crippen LogP contribution >= 0.6 is 0 Å². The first kappa shape index (κ1) is 18.1. The third-order valence-electron chi connectivity index (χ3n) is 4.90. The standard InChI is InChI=1S/C22H23N3O3/c1-13(2)11-25-12-24-22-20(21(25)23)19(15-6-4-5-7-17(15)27-3)16-9-8-14(26)10-18(16)28-22/h4-10,12-13,19,23,26H,11H2,1-3H3. The molecule has 28 heavy (non-hydrogen) atoms. The van der Waals surface area contributed by atoms with Crippen LogP contribution in [-0.4, -0.2) is 21.8 Å². The van der Waals surface area contributed by atoms with Gasteiger partial charge in [-0.15, -0.1) is 0 Å². The smallest absolute Gasteiger partial charge is 0.228 e. The Labute approximate surface area is 163 Å². The molecule has 2 heterocycles. The number of phenolic OH excluding ortho intramolecular Hbond substituents is 1. The van der Waals surface area contributed by atoms with Gasteiger partial charge in [0.05, 0.1) is 18.6 Å². The molecule has 0 saturated carbocycles. The number of hydrogen-bond donors (Lipinski definition) is 2. The Kier molecular flexibility index (Phi) is 4.55. The average molecular weight is 377 g/mol. The molecule has 1 aromatic heterocycles. The molecule has 1 unspecified atom stereocenters. The summed E-state index contributed by atoms with van der Waals surface area (Å²) in [7, 11) is 1.64. The third kappa shape index (κ3) is 3.01. The number of nitrogens with one attached hydrogen (secondary N) is 1. The number of phenols is 1. The Balaban J connectivity index is 2.00. The fraction of sp³-hybridized carbons (Fsp3) is 0.273. The van der Waals surface area contributed by atoms with E-state index in [1.807, 2.05) is 34.9 Å². The summed E-state index contributed by atoms with van der Waals surface area (Å²) in [6, 6.07) is 12.8. The van der Waals surface area contributed by atoms with Gasteiger partial charge in [0, 0.05) is 23.7 Å². The lowest BCUT2D eigenvalue weighted by Gasteiger charge is -2.29. The summed E-state index contributed by atoms with van der Waals surface area (Å²) in [6.45, 7) is 4.91. The molecule has 4 rings (SSSR count). The fourth-order valence-electron chi connectivity index (χ4n) is 3.72. The van der Waals surface area contributed by atoms with Crippen LogP contribution in [0.4, 0.5) is 0 Å². The number of benzene rings is 2. The molecule has 0 saturated heterocycles. The normalized spacial score (nSPS) is 14.9. The van der Waals surface area contributed by atoms with E-state index < -0.39 is 0 Å². The van der Waals surface area contributed by atoms with E-state index in [0.29, 0.717) is 35.1 Å². The highest BCUT2D eigenvalue weighted by Gasteiger charge is 2.33. The second kappa shape index (κ2) is 7.03. The predicted octanol–water partition coefficient (Wildman–Crippen LogP) is 4.02. The van der Waals surface area contributed by atoms with Crippen LogP contribution in [0.15, 0.2) is 48.8 Å². The van der Waals surface area contributed by atoms with Crippen molar-refractivity contribution < 1.29 is 14.6 Å². The van der Waals surface area contributed by atoms with E-state index in [-0.39, 0.29) is 11.7 Å². The van der Waals surface area contributed by atoms with Crippen LogP contribution in [0.5, 0.6) is 23.1 Å². The van der Waals surface area contributed by atoms with Crippen LogP contribution in [0, 0.1) is 11.3 Å². The number of para-hydroxylation sites is 1. The van der Waals surface area contributed by atoms with Crippen molar-refractivity contribution in [1.82, 2.24) is 9.55 Å². The SMILES string of the molecule is COc1ccccc1C1c2ccc(O)cc2Oc2ncn(CC(C)C)c(=N)c21. The summed E-state index contributed by atoms with van der Waals surface area (Å²) in [4.78, 5) is 4.49. The molecule has 6 heteroatoms. The highest BCUT2D eigenvalue weighted by Crippen LogP contribution is 2.47. The van der Waals surface area contributed by atoms with Gasteiger partial charge in [0.25, 0.3) is 0 Å². The Morgan fingerprint density at radius 2 is 2.00 bits per heavy atom. The van der Waals surface area contributed by atoms with Crippen molar-refractivity contribution in [2.75, 3.05) is 7.11 Å². The van der Waals surface area contributed by atoms with E-state index >= 15 is 0 Å². The summed E-state index contributed by atoms with van der Waals surface area (Å²) < 4.78 is 13.4. The number of nitrogens with zero attached hydrogens (tertiary/aromatic N) is 2. The molecule has 0 spiro atoms. The van der Waals surface area contributed by atoms with Crippen LogP contribution in [0.25, 0.3) is 0 Å². The van der Waals surface area contributed by atoms with E-state index in [1.165, 1.54) is 0 Å². The van der Waals surface area contributed by atoms with Crippen LogP contribution < -0.4 is 15.0 Å². The minimum atomic E-state index is -0.282. The van der Waals surface area contributed by atoms with E-state index in [4.69, 9.17) is 14.9 Å². The summed E-state index contributed by atoms with van der Waals surface area (Å²) in [5.74, 6) is 1.88. The first-order valence-corrected chi connectivity index (χ1v) is 9.27. The van der Waals surface area contributed by atoms with Gasteiger partial charge < -0.3 is 19.1 Å². The van der Waals surface area contributed by atoms with Gasteiger partial charge in [-0.1, -0.05) is 38.1 Å². The second-order valence-electron chi connectivity index (χ2n) is 7.36. The van der Waals surface area contributed by atoms with Crippen molar-refractivity contribution in [3.8, 4) is 23.1 Å². The number of methoxy groups -OCH3 is 1. The van der Waals surface area contributed by atoms with Gasteiger partial charge in [-0.3, -0.25) is 5.41 Å². The molecule has 144 valence electrons. The number of ether oxygens (including phenoxy) is 2. The maximum Gasteiger partial charge on any atom is 0.228 e. The molecular weight excluding hydrogens is 354 g/mol. The molecule has 0 aliphatic carbocycles.